The third kappa shape index (κ3) is 2.88. The molecular weight excluding hydrogens is 222 g/mol. The molecule has 1 aromatic heterocycles. The minimum atomic E-state index is 0.324. The van der Waals surface area contributed by atoms with Crippen molar-refractivity contribution in [3.8, 4) is 5.75 Å². The molecule has 0 aromatic carbocycles. The highest BCUT2D eigenvalue weighted by molar-refractivity contribution is 6.30. The number of hydrogen-bond acceptors (Lipinski definition) is 2. The van der Waals surface area contributed by atoms with Gasteiger partial charge in [0.25, 0.3) is 0 Å². The van der Waals surface area contributed by atoms with E-state index in [2.05, 4.69) is 11.9 Å². The Morgan fingerprint density at radius 3 is 2.75 bits per heavy atom. The molecule has 0 N–H and O–H groups in total. The Kier molecular flexibility index (Phi) is 4.05. The number of ether oxygens (including phenoxy) is 1. The molecule has 88 valence electrons. The van der Waals surface area contributed by atoms with Gasteiger partial charge in [-0.2, -0.15) is 0 Å². The van der Waals surface area contributed by atoms with Crippen molar-refractivity contribution < 1.29 is 4.74 Å². The smallest absolute Gasteiger partial charge is 0.171 e. The molecule has 16 heavy (non-hydrogen) atoms. The molecular formula is C13H18ClNO. The van der Waals surface area contributed by atoms with E-state index < -0.39 is 0 Å². The Morgan fingerprint density at radius 2 is 2.12 bits per heavy atom. The van der Waals surface area contributed by atoms with Crippen molar-refractivity contribution in [3.05, 3.63) is 23.5 Å². The third-order valence-corrected chi connectivity index (χ3v) is 3.67. The fourth-order valence-corrected chi connectivity index (χ4v) is 2.46. The number of halogens is 1. The first-order valence-corrected chi connectivity index (χ1v) is 6.44. The zero-order chi connectivity index (χ0) is 11.4. The van der Waals surface area contributed by atoms with Gasteiger partial charge in [-0.25, -0.2) is 4.98 Å². The van der Waals surface area contributed by atoms with Crippen LogP contribution < -0.4 is 4.74 Å². The first kappa shape index (κ1) is 11.7. The van der Waals surface area contributed by atoms with Gasteiger partial charge < -0.3 is 4.74 Å². The summed E-state index contributed by atoms with van der Waals surface area (Å²) in [4.78, 5) is 4.02. The van der Waals surface area contributed by atoms with E-state index in [9.17, 15) is 0 Å². The van der Waals surface area contributed by atoms with Gasteiger partial charge in [-0.3, -0.25) is 0 Å². The average molecular weight is 240 g/mol. The van der Waals surface area contributed by atoms with E-state index in [1.54, 1.807) is 6.20 Å². The van der Waals surface area contributed by atoms with E-state index in [1.807, 2.05) is 12.1 Å². The van der Waals surface area contributed by atoms with Crippen LogP contribution in [-0.2, 0) is 0 Å². The largest absolute Gasteiger partial charge is 0.487 e. The van der Waals surface area contributed by atoms with Gasteiger partial charge in [-0.1, -0.05) is 24.9 Å². The molecule has 1 aliphatic carbocycles. The summed E-state index contributed by atoms with van der Waals surface area (Å²) in [7, 11) is 0. The summed E-state index contributed by atoms with van der Waals surface area (Å²) >= 11 is 5.96. The average Bonchev–Trinajstić information content (AvgIpc) is 2.33. The van der Waals surface area contributed by atoms with Gasteiger partial charge in [0, 0.05) is 6.20 Å². The topological polar surface area (TPSA) is 22.1 Å². The van der Waals surface area contributed by atoms with E-state index >= 15 is 0 Å². The van der Waals surface area contributed by atoms with Crippen LogP contribution in [0.25, 0.3) is 0 Å². The minimum Gasteiger partial charge on any atom is -0.487 e. The summed E-state index contributed by atoms with van der Waals surface area (Å²) < 4.78 is 5.88. The lowest BCUT2D eigenvalue weighted by molar-refractivity contribution is 0.129. The Labute approximate surface area is 102 Å². The fourth-order valence-electron chi connectivity index (χ4n) is 2.30. The van der Waals surface area contributed by atoms with Gasteiger partial charge in [-0.15, -0.1) is 0 Å². The molecule has 0 aliphatic heterocycles. The maximum absolute atomic E-state index is 5.96. The number of hydrogen-bond donors (Lipinski definition) is 0. The molecule has 1 saturated carbocycles. The molecule has 0 spiro atoms. The molecule has 3 heteroatoms. The van der Waals surface area contributed by atoms with Crippen molar-refractivity contribution in [2.75, 3.05) is 0 Å². The molecule has 0 radical (unpaired) electrons. The lowest BCUT2D eigenvalue weighted by atomic mass is 9.86. The van der Waals surface area contributed by atoms with Crippen molar-refractivity contribution in [2.45, 2.75) is 45.1 Å². The zero-order valence-electron chi connectivity index (χ0n) is 9.66. The molecule has 1 aromatic rings. The van der Waals surface area contributed by atoms with E-state index in [4.69, 9.17) is 16.3 Å². The van der Waals surface area contributed by atoms with Gasteiger partial charge in [0.15, 0.2) is 10.9 Å². The molecule has 0 amide bonds. The van der Waals surface area contributed by atoms with Crippen LogP contribution in [0, 0.1) is 5.92 Å². The van der Waals surface area contributed by atoms with E-state index in [0.29, 0.717) is 11.3 Å². The highest BCUT2D eigenvalue weighted by atomic mass is 35.5. The summed E-state index contributed by atoms with van der Waals surface area (Å²) in [6.45, 7) is 2.27. The van der Waals surface area contributed by atoms with Crippen LogP contribution in [0.1, 0.15) is 39.0 Å². The van der Waals surface area contributed by atoms with Crippen LogP contribution in [0.15, 0.2) is 18.3 Å². The van der Waals surface area contributed by atoms with Crippen LogP contribution in [-0.4, -0.2) is 11.1 Å². The summed E-state index contributed by atoms with van der Waals surface area (Å²) in [6.07, 6.45) is 8.14. The summed E-state index contributed by atoms with van der Waals surface area (Å²) in [6, 6.07) is 3.75. The highest BCUT2D eigenvalue weighted by Gasteiger charge is 2.21. The van der Waals surface area contributed by atoms with Crippen molar-refractivity contribution in [1.29, 1.82) is 0 Å². The Morgan fingerprint density at radius 1 is 1.38 bits per heavy atom. The van der Waals surface area contributed by atoms with Crippen LogP contribution in [0.5, 0.6) is 5.75 Å². The molecule has 1 heterocycles. The maximum atomic E-state index is 5.96. The summed E-state index contributed by atoms with van der Waals surface area (Å²) in [5, 5.41) is 0.472. The van der Waals surface area contributed by atoms with Gasteiger partial charge in [0.05, 0.1) is 6.10 Å². The normalized spacial score (nSPS) is 25.4. The number of aromatic nitrogens is 1. The van der Waals surface area contributed by atoms with Gasteiger partial charge >= 0.3 is 0 Å². The van der Waals surface area contributed by atoms with Gasteiger partial charge in [0.2, 0.25) is 0 Å². The third-order valence-electron chi connectivity index (χ3n) is 3.39. The second kappa shape index (κ2) is 5.53. The first-order valence-electron chi connectivity index (χ1n) is 6.06. The second-order valence-electron chi connectivity index (χ2n) is 4.46. The highest BCUT2D eigenvalue weighted by Crippen LogP contribution is 2.31. The predicted molar refractivity (Wildman–Crippen MR) is 65.9 cm³/mol. The predicted octanol–water partition coefficient (Wildman–Crippen LogP) is 4.08. The maximum Gasteiger partial charge on any atom is 0.171 e. The molecule has 2 rings (SSSR count). The second-order valence-corrected chi connectivity index (χ2v) is 4.82. The molecule has 1 aliphatic rings. The zero-order valence-corrected chi connectivity index (χ0v) is 10.4. The van der Waals surface area contributed by atoms with E-state index in [1.165, 1.54) is 19.3 Å². The van der Waals surface area contributed by atoms with Gasteiger partial charge in [-0.05, 0) is 43.7 Å². The molecule has 0 bridgehead atoms. The monoisotopic (exact) mass is 239 g/mol. The Bertz CT molecular complexity index is 334. The SMILES string of the molecule is CCC1CCC(Oc2cccnc2Cl)CC1. The van der Waals surface area contributed by atoms with Crippen molar-refractivity contribution in [2.24, 2.45) is 5.92 Å². The lowest BCUT2D eigenvalue weighted by Crippen LogP contribution is -2.24. The Hall–Kier alpha value is -0.760. The number of nitrogens with zero attached hydrogens (tertiary/aromatic N) is 1. The van der Waals surface area contributed by atoms with Crippen molar-refractivity contribution >= 4 is 11.6 Å². The standard InChI is InChI=1S/C13H18ClNO/c1-2-10-5-7-11(8-6-10)16-12-4-3-9-15-13(12)14/h3-4,9-11H,2,5-8H2,1H3. The summed E-state index contributed by atoms with van der Waals surface area (Å²) in [5.41, 5.74) is 0. The number of pyridine rings is 1. The number of rotatable bonds is 3. The molecule has 0 unspecified atom stereocenters. The van der Waals surface area contributed by atoms with E-state index in [-0.39, 0.29) is 0 Å². The first-order chi connectivity index (χ1) is 7.79. The van der Waals surface area contributed by atoms with Gasteiger partial charge in [0.1, 0.15) is 0 Å². The molecule has 0 atom stereocenters. The summed E-state index contributed by atoms with van der Waals surface area (Å²) in [5.74, 6) is 1.62. The quantitative estimate of drug-likeness (QED) is 0.742. The molecule has 1 fully saturated rings. The van der Waals surface area contributed by atoms with Crippen molar-refractivity contribution in [1.82, 2.24) is 4.98 Å². The van der Waals surface area contributed by atoms with Crippen LogP contribution in [0.2, 0.25) is 5.15 Å². The van der Waals surface area contributed by atoms with Crippen LogP contribution in [0.4, 0.5) is 0 Å². The fraction of sp³-hybridized carbons (Fsp3) is 0.615. The van der Waals surface area contributed by atoms with E-state index in [0.717, 1.165) is 24.5 Å². The Balaban J connectivity index is 1.89. The van der Waals surface area contributed by atoms with Crippen LogP contribution >= 0.6 is 11.6 Å². The molecule has 0 saturated heterocycles. The minimum absolute atomic E-state index is 0.324. The molecule has 2 nitrogen and oxygen atoms in total. The van der Waals surface area contributed by atoms with Crippen LogP contribution in [0.3, 0.4) is 0 Å². The van der Waals surface area contributed by atoms with Crippen molar-refractivity contribution in [3.63, 3.8) is 0 Å². The lowest BCUT2D eigenvalue weighted by Gasteiger charge is -2.28.